The maximum absolute atomic E-state index is 14.3. The van der Waals surface area contributed by atoms with Gasteiger partial charge < -0.3 is 15.2 Å². The number of hydrogen-bond acceptors (Lipinski definition) is 5. The molecule has 10 heteroatoms. The van der Waals surface area contributed by atoms with E-state index in [0.717, 1.165) is 5.56 Å². The summed E-state index contributed by atoms with van der Waals surface area (Å²) in [5.74, 6) is -2.46. The second-order valence-corrected chi connectivity index (χ2v) is 7.41. The van der Waals surface area contributed by atoms with Crippen LogP contribution < -0.4 is 10.1 Å². The molecule has 4 aromatic rings. The zero-order valence-corrected chi connectivity index (χ0v) is 17.6. The Hall–Kier alpha value is -4.21. The van der Waals surface area contributed by atoms with Gasteiger partial charge in [0.05, 0.1) is 16.5 Å². The molecule has 174 valence electrons. The van der Waals surface area contributed by atoms with Crippen LogP contribution >= 0.6 is 0 Å². The number of aromatic carboxylic acids is 1. The van der Waals surface area contributed by atoms with Crippen molar-refractivity contribution in [3.05, 3.63) is 89.5 Å². The van der Waals surface area contributed by atoms with E-state index in [1.54, 1.807) is 24.3 Å². The minimum atomic E-state index is -4.67. The van der Waals surface area contributed by atoms with Crippen LogP contribution in [0.1, 0.15) is 34.5 Å². The number of carboxylic acids is 1. The zero-order chi connectivity index (χ0) is 24.5. The molecule has 34 heavy (non-hydrogen) atoms. The molecule has 0 aliphatic heterocycles. The van der Waals surface area contributed by atoms with Gasteiger partial charge in [0.15, 0.2) is 11.6 Å². The lowest BCUT2D eigenvalue weighted by atomic mass is 10.1. The van der Waals surface area contributed by atoms with Crippen molar-refractivity contribution in [1.29, 1.82) is 0 Å². The van der Waals surface area contributed by atoms with Crippen LogP contribution in [-0.4, -0.2) is 21.0 Å². The number of nitrogens with one attached hydrogen (secondary N) is 1. The van der Waals surface area contributed by atoms with E-state index >= 15 is 0 Å². The fraction of sp³-hybridized carbons (Fsp3) is 0.125. The summed E-state index contributed by atoms with van der Waals surface area (Å²) in [4.78, 5) is 19.5. The number of fused-ring (bicyclic) bond motifs is 1. The average molecular weight is 471 g/mol. The van der Waals surface area contributed by atoms with Crippen molar-refractivity contribution in [1.82, 2.24) is 9.97 Å². The first-order valence-corrected chi connectivity index (χ1v) is 10.0. The number of anilines is 1. The summed E-state index contributed by atoms with van der Waals surface area (Å²) < 4.78 is 59.0. The summed E-state index contributed by atoms with van der Waals surface area (Å²) in [6, 6.07) is 11.1. The lowest BCUT2D eigenvalue weighted by molar-refractivity contribution is -0.137. The summed E-state index contributed by atoms with van der Waals surface area (Å²) in [5.41, 5.74) is -0.152. The zero-order valence-electron chi connectivity index (χ0n) is 17.6. The highest BCUT2D eigenvalue weighted by Gasteiger charge is 2.31. The predicted octanol–water partition coefficient (Wildman–Crippen LogP) is 6.45. The number of hydrogen-bond donors (Lipinski definition) is 2. The highest BCUT2D eigenvalue weighted by atomic mass is 19.4. The van der Waals surface area contributed by atoms with Gasteiger partial charge in [0.25, 0.3) is 0 Å². The van der Waals surface area contributed by atoms with Crippen molar-refractivity contribution in [3.8, 4) is 11.6 Å². The molecule has 0 bridgehead atoms. The normalized spacial score (nSPS) is 12.4. The standard InChI is InChI=1S/C24H17F4N3O3/c1-13(14-2-4-16(5-3-14)23(32)33)31-21-20-15(8-10-29-21)9-11-30-22(20)34-19-12-17(24(26,27)28)6-7-18(19)25/h2-13H,1H3,(H,29,31)(H,32,33)/t13-/m0/s1. The van der Waals surface area contributed by atoms with Gasteiger partial charge in [0.1, 0.15) is 5.82 Å². The summed E-state index contributed by atoms with van der Waals surface area (Å²) in [7, 11) is 0. The van der Waals surface area contributed by atoms with Crippen LogP contribution in [0.15, 0.2) is 67.0 Å². The third kappa shape index (κ3) is 4.75. The van der Waals surface area contributed by atoms with Crippen LogP contribution in [0.25, 0.3) is 10.8 Å². The Morgan fingerprint density at radius 3 is 2.35 bits per heavy atom. The van der Waals surface area contributed by atoms with Crippen molar-refractivity contribution in [3.63, 3.8) is 0 Å². The van der Waals surface area contributed by atoms with Crippen LogP contribution in [0.3, 0.4) is 0 Å². The number of ether oxygens (including phenoxy) is 1. The number of rotatable bonds is 6. The van der Waals surface area contributed by atoms with Crippen LogP contribution in [0.4, 0.5) is 23.4 Å². The number of carboxylic acid groups (broad SMARTS) is 1. The molecule has 0 aliphatic rings. The minimum Gasteiger partial charge on any atom is -0.478 e. The van der Waals surface area contributed by atoms with E-state index in [-0.39, 0.29) is 17.5 Å². The van der Waals surface area contributed by atoms with Crippen LogP contribution in [0.5, 0.6) is 11.6 Å². The van der Waals surface area contributed by atoms with Gasteiger partial charge >= 0.3 is 12.1 Å². The Kier molecular flexibility index (Phi) is 6.06. The van der Waals surface area contributed by atoms with E-state index in [0.29, 0.717) is 34.8 Å². The fourth-order valence-electron chi connectivity index (χ4n) is 3.34. The van der Waals surface area contributed by atoms with Crippen LogP contribution in [0, 0.1) is 5.82 Å². The minimum absolute atomic E-state index is 0.125. The van der Waals surface area contributed by atoms with E-state index in [4.69, 9.17) is 9.84 Å². The topological polar surface area (TPSA) is 84.3 Å². The summed E-state index contributed by atoms with van der Waals surface area (Å²) in [5, 5.41) is 13.2. The van der Waals surface area contributed by atoms with Crippen molar-refractivity contribution in [2.75, 3.05) is 5.32 Å². The molecular formula is C24H17F4N3O3. The molecule has 4 rings (SSSR count). The first-order chi connectivity index (χ1) is 16.1. The molecule has 0 saturated carbocycles. The van der Waals surface area contributed by atoms with E-state index in [1.165, 1.54) is 24.5 Å². The van der Waals surface area contributed by atoms with Crippen molar-refractivity contribution < 1.29 is 32.2 Å². The maximum Gasteiger partial charge on any atom is 0.416 e. The number of nitrogens with zero attached hydrogens (tertiary/aromatic N) is 2. The fourth-order valence-corrected chi connectivity index (χ4v) is 3.34. The number of benzene rings is 2. The molecule has 0 unspecified atom stereocenters. The average Bonchev–Trinajstić information content (AvgIpc) is 2.80. The molecule has 2 heterocycles. The molecule has 6 nitrogen and oxygen atoms in total. The molecule has 1 atom stereocenters. The second-order valence-electron chi connectivity index (χ2n) is 7.41. The smallest absolute Gasteiger partial charge is 0.416 e. The van der Waals surface area contributed by atoms with Crippen molar-refractivity contribution in [2.45, 2.75) is 19.1 Å². The molecule has 0 saturated heterocycles. The number of alkyl halides is 3. The first kappa shape index (κ1) is 23.0. The summed E-state index contributed by atoms with van der Waals surface area (Å²) in [6.45, 7) is 1.82. The summed E-state index contributed by atoms with van der Waals surface area (Å²) in [6.07, 6.45) is -1.75. The van der Waals surface area contributed by atoms with Gasteiger partial charge in [-0.05, 0) is 60.3 Å². The van der Waals surface area contributed by atoms with Gasteiger partial charge in [0.2, 0.25) is 5.88 Å². The quantitative estimate of drug-likeness (QED) is 0.315. The summed E-state index contributed by atoms with van der Waals surface area (Å²) >= 11 is 0. The SMILES string of the molecule is C[C@H](Nc1nccc2ccnc(Oc3cc(C(F)(F)F)ccc3F)c12)c1ccc(C(=O)O)cc1. The predicted molar refractivity (Wildman–Crippen MR) is 116 cm³/mol. The Morgan fingerprint density at radius 2 is 1.71 bits per heavy atom. The van der Waals surface area contributed by atoms with Crippen LogP contribution in [-0.2, 0) is 6.18 Å². The van der Waals surface area contributed by atoms with E-state index < -0.39 is 29.3 Å². The number of aromatic nitrogens is 2. The third-order valence-corrected chi connectivity index (χ3v) is 5.12. The van der Waals surface area contributed by atoms with Gasteiger partial charge in [-0.3, -0.25) is 0 Å². The Morgan fingerprint density at radius 1 is 1.03 bits per heavy atom. The molecule has 2 aromatic carbocycles. The lowest BCUT2D eigenvalue weighted by Crippen LogP contribution is -2.09. The van der Waals surface area contributed by atoms with Gasteiger partial charge in [-0.2, -0.15) is 13.2 Å². The second kappa shape index (κ2) is 8.97. The first-order valence-electron chi connectivity index (χ1n) is 10.0. The van der Waals surface area contributed by atoms with E-state index in [2.05, 4.69) is 15.3 Å². The lowest BCUT2D eigenvalue weighted by Gasteiger charge is -2.18. The Bertz CT molecular complexity index is 1350. The van der Waals surface area contributed by atoms with E-state index in [1.807, 2.05) is 6.92 Å². The Balaban J connectivity index is 1.70. The van der Waals surface area contributed by atoms with Gasteiger partial charge in [-0.1, -0.05) is 12.1 Å². The molecule has 2 N–H and O–H groups in total. The number of halogens is 4. The molecule has 2 aromatic heterocycles. The van der Waals surface area contributed by atoms with Crippen molar-refractivity contribution >= 4 is 22.6 Å². The van der Waals surface area contributed by atoms with E-state index in [9.17, 15) is 22.4 Å². The van der Waals surface area contributed by atoms with Crippen LogP contribution in [0.2, 0.25) is 0 Å². The maximum atomic E-state index is 14.3. The number of carbonyl (C=O) groups is 1. The van der Waals surface area contributed by atoms with Gasteiger partial charge in [0, 0.05) is 18.4 Å². The van der Waals surface area contributed by atoms with Gasteiger partial charge in [-0.25, -0.2) is 19.2 Å². The monoisotopic (exact) mass is 471 g/mol. The Labute approximate surface area is 190 Å². The molecular weight excluding hydrogens is 454 g/mol. The molecule has 0 radical (unpaired) electrons. The highest BCUT2D eigenvalue weighted by molar-refractivity contribution is 5.96. The van der Waals surface area contributed by atoms with Gasteiger partial charge in [-0.15, -0.1) is 0 Å². The molecule has 0 fully saturated rings. The molecule has 0 spiro atoms. The number of pyridine rings is 2. The molecule has 0 aliphatic carbocycles. The largest absolute Gasteiger partial charge is 0.478 e. The molecule has 0 amide bonds. The third-order valence-electron chi connectivity index (χ3n) is 5.12. The highest BCUT2D eigenvalue weighted by Crippen LogP contribution is 2.37. The van der Waals surface area contributed by atoms with Crippen molar-refractivity contribution in [2.24, 2.45) is 0 Å².